The molecule has 0 aromatic heterocycles. The third kappa shape index (κ3) is 2.65. The average molecular weight is 374 g/mol. The van der Waals surface area contributed by atoms with E-state index in [2.05, 4.69) is 0 Å². The molecule has 0 N–H and O–H groups in total. The molecule has 0 fully saturated rings. The van der Waals surface area contributed by atoms with Crippen LogP contribution in [-0.4, -0.2) is 16.7 Å². The maximum absolute atomic E-state index is 13.0. The molecular formula is C16H8Cl2F3NO2. The average Bonchev–Trinajstić information content (AvgIpc) is 2.75. The molecule has 0 radical (unpaired) electrons. The first-order chi connectivity index (χ1) is 11.2. The minimum absolute atomic E-state index is 0.0513. The predicted molar refractivity (Wildman–Crippen MR) is 82.1 cm³/mol. The zero-order valence-corrected chi connectivity index (χ0v) is 13.3. The Bertz CT molecular complexity index is 830. The number of imide groups is 1. The van der Waals surface area contributed by atoms with Gasteiger partial charge >= 0.3 is 6.18 Å². The third-order valence-corrected chi connectivity index (χ3v) is 4.47. The summed E-state index contributed by atoms with van der Waals surface area (Å²) in [5.74, 6) is -1.19. The van der Waals surface area contributed by atoms with Crippen molar-refractivity contribution in [3.63, 3.8) is 0 Å². The molecule has 0 aliphatic carbocycles. The minimum Gasteiger partial charge on any atom is -0.270 e. The number of hydrogen-bond donors (Lipinski definition) is 0. The van der Waals surface area contributed by atoms with Gasteiger partial charge in [0.2, 0.25) is 0 Å². The number of carbonyl (C=O) groups is 2. The van der Waals surface area contributed by atoms with Crippen LogP contribution >= 0.6 is 23.2 Å². The van der Waals surface area contributed by atoms with Crippen molar-refractivity contribution in [2.24, 2.45) is 0 Å². The number of nitrogens with zero attached hydrogens (tertiary/aromatic N) is 1. The summed E-state index contributed by atoms with van der Waals surface area (Å²) in [7, 11) is 0. The number of carbonyl (C=O) groups excluding carboxylic acids is 2. The molecular weight excluding hydrogens is 366 g/mol. The molecule has 0 atom stereocenters. The van der Waals surface area contributed by atoms with Gasteiger partial charge in [0.05, 0.1) is 28.3 Å². The Balaban J connectivity index is 2.02. The Kier molecular flexibility index (Phi) is 4.05. The maximum Gasteiger partial charge on any atom is 0.417 e. The summed E-state index contributed by atoms with van der Waals surface area (Å²) in [6.45, 7) is -0.437. The Morgan fingerprint density at radius 1 is 0.917 bits per heavy atom. The molecule has 24 heavy (non-hydrogen) atoms. The van der Waals surface area contributed by atoms with E-state index in [-0.39, 0.29) is 21.7 Å². The third-order valence-electron chi connectivity index (χ3n) is 3.69. The van der Waals surface area contributed by atoms with E-state index in [4.69, 9.17) is 23.2 Å². The van der Waals surface area contributed by atoms with Gasteiger partial charge in [-0.1, -0.05) is 35.3 Å². The van der Waals surface area contributed by atoms with E-state index < -0.39 is 35.1 Å². The summed E-state index contributed by atoms with van der Waals surface area (Å²) in [4.78, 5) is 25.5. The van der Waals surface area contributed by atoms with Crippen LogP contribution < -0.4 is 0 Å². The largest absolute Gasteiger partial charge is 0.417 e. The Labute approximate surface area is 144 Å². The number of hydrogen-bond acceptors (Lipinski definition) is 2. The molecule has 3 nitrogen and oxygen atoms in total. The van der Waals surface area contributed by atoms with Gasteiger partial charge in [-0.05, 0) is 24.3 Å². The molecule has 1 aliphatic rings. The van der Waals surface area contributed by atoms with Gasteiger partial charge in [0.15, 0.2) is 0 Å². The van der Waals surface area contributed by atoms with E-state index in [0.29, 0.717) is 0 Å². The highest BCUT2D eigenvalue weighted by molar-refractivity contribution is 6.36. The monoisotopic (exact) mass is 373 g/mol. The van der Waals surface area contributed by atoms with E-state index in [0.717, 1.165) is 17.0 Å². The second-order valence-corrected chi connectivity index (χ2v) is 5.91. The molecule has 0 unspecified atom stereocenters. The van der Waals surface area contributed by atoms with Crippen molar-refractivity contribution < 1.29 is 22.8 Å². The highest BCUT2D eigenvalue weighted by Crippen LogP contribution is 2.39. The van der Waals surface area contributed by atoms with E-state index in [1.165, 1.54) is 12.1 Å². The van der Waals surface area contributed by atoms with Crippen molar-refractivity contribution in [1.82, 2.24) is 4.90 Å². The summed E-state index contributed by atoms with van der Waals surface area (Å²) in [6.07, 6.45) is -4.67. The molecule has 1 heterocycles. The highest BCUT2D eigenvalue weighted by atomic mass is 35.5. The second kappa shape index (κ2) is 5.79. The second-order valence-electron chi connectivity index (χ2n) is 5.13. The zero-order valence-electron chi connectivity index (χ0n) is 11.8. The number of rotatable bonds is 2. The van der Waals surface area contributed by atoms with Crippen molar-refractivity contribution in [1.29, 1.82) is 0 Å². The van der Waals surface area contributed by atoms with Gasteiger partial charge in [-0.2, -0.15) is 13.2 Å². The topological polar surface area (TPSA) is 37.4 Å². The lowest BCUT2D eigenvalue weighted by molar-refractivity contribution is -0.137. The number of amides is 2. The molecule has 0 spiro atoms. The van der Waals surface area contributed by atoms with Crippen LogP contribution in [0.4, 0.5) is 13.2 Å². The first-order valence-electron chi connectivity index (χ1n) is 6.71. The van der Waals surface area contributed by atoms with E-state index in [1.807, 2.05) is 0 Å². The fourth-order valence-electron chi connectivity index (χ4n) is 2.50. The molecule has 0 saturated carbocycles. The van der Waals surface area contributed by atoms with Gasteiger partial charge in [0.1, 0.15) is 0 Å². The van der Waals surface area contributed by atoms with Gasteiger partial charge in [-0.25, -0.2) is 0 Å². The van der Waals surface area contributed by atoms with Crippen LogP contribution in [0, 0.1) is 0 Å². The van der Waals surface area contributed by atoms with E-state index >= 15 is 0 Å². The van der Waals surface area contributed by atoms with Crippen LogP contribution in [0.2, 0.25) is 10.0 Å². The summed E-state index contributed by atoms with van der Waals surface area (Å²) in [5, 5.41) is -0.670. The van der Waals surface area contributed by atoms with Crippen LogP contribution in [0.3, 0.4) is 0 Å². The molecule has 0 saturated heterocycles. The number of alkyl halides is 3. The van der Waals surface area contributed by atoms with Gasteiger partial charge in [-0.3, -0.25) is 14.5 Å². The zero-order chi connectivity index (χ0) is 17.6. The predicted octanol–water partition coefficient (Wildman–Crippen LogP) is 4.81. The van der Waals surface area contributed by atoms with Crippen molar-refractivity contribution in [3.05, 3.63) is 68.7 Å². The van der Waals surface area contributed by atoms with Crippen molar-refractivity contribution in [3.8, 4) is 0 Å². The van der Waals surface area contributed by atoms with Crippen molar-refractivity contribution in [2.75, 3.05) is 0 Å². The molecule has 1 aliphatic heterocycles. The fourth-order valence-corrected chi connectivity index (χ4v) is 3.10. The van der Waals surface area contributed by atoms with Crippen LogP contribution in [0.5, 0.6) is 0 Å². The van der Waals surface area contributed by atoms with Crippen LogP contribution in [-0.2, 0) is 12.7 Å². The van der Waals surface area contributed by atoms with Crippen LogP contribution in [0.15, 0.2) is 36.4 Å². The Morgan fingerprint density at radius 3 is 1.96 bits per heavy atom. The Morgan fingerprint density at radius 2 is 1.46 bits per heavy atom. The fraction of sp³-hybridized carbons (Fsp3) is 0.125. The number of fused-ring (bicyclic) bond motifs is 1. The lowest BCUT2D eigenvalue weighted by Gasteiger charge is -2.18. The molecule has 3 rings (SSSR count). The number of halogens is 5. The van der Waals surface area contributed by atoms with Gasteiger partial charge in [-0.15, -0.1) is 0 Å². The lowest BCUT2D eigenvalue weighted by Crippen LogP contribution is -2.29. The molecule has 2 aromatic carbocycles. The molecule has 2 amide bonds. The van der Waals surface area contributed by atoms with E-state index in [1.54, 1.807) is 12.1 Å². The first kappa shape index (κ1) is 16.8. The SMILES string of the molecule is O=C1c2ccccc2C(=O)N1Cc1c(Cl)ccc(C(F)(F)F)c1Cl. The summed E-state index contributed by atoms with van der Waals surface area (Å²) < 4.78 is 38.9. The first-order valence-corrected chi connectivity index (χ1v) is 7.46. The van der Waals surface area contributed by atoms with Crippen LogP contribution in [0.25, 0.3) is 0 Å². The van der Waals surface area contributed by atoms with Crippen molar-refractivity contribution >= 4 is 35.0 Å². The number of benzene rings is 2. The normalized spacial score (nSPS) is 14.3. The molecule has 8 heteroatoms. The minimum atomic E-state index is -4.67. The molecule has 124 valence electrons. The smallest absolute Gasteiger partial charge is 0.270 e. The van der Waals surface area contributed by atoms with Gasteiger partial charge in [0.25, 0.3) is 11.8 Å². The summed E-state index contributed by atoms with van der Waals surface area (Å²) in [6, 6.07) is 7.95. The standard InChI is InChI=1S/C16H8Cl2F3NO2/c17-12-6-5-11(16(19,20)21)13(18)10(12)7-22-14(23)8-3-1-2-4-9(8)15(22)24/h1-6H,7H2. The maximum atomic E-state index is 13.0. The van der Waals surface area contributed by atoms with Crippen molar-refractivity contribution in [2.45, 2.75) is 12.7 Å². The summed E-state index contributed by atoms with van der Waals surface area (Å²) >= 11 is 11.8. The molecule has 0 bridgehead atoms. The Hall–Kier alpha value is -2.05. The lowest BCUT2D eigenvalue weighted by atomic mass is 10.1. The van der Waals surface area contributed by atoms with E-state index in [9.17, 15) is 22.8 Å². The van der Waals surface area contributed by atoms with Gasteiger partial charge < -0.3 is 0 Å². The van der Waals surface area contributed by atoms with Gasteiger partial charge in [0, 0.05) is 10.6 Å². The quantitative estimate of drug-likeness (QED) is 0.708. The summed E-state index contributed by atoms with van der Waals surface area (Å²) in [5.41, 5.74) is -0.800. The van der Waals surface area contributed by atoms with Crippen LogP contribution in [0.1, 0.15) is 31.8 Å². The molecule has 2 aromatic rings. The highest BCUT2D eigenvalue weighted by Gasteiger charge is 2.38.